The average molecular weight is 250 g/mol. The first-order valence-electron chi connectivity index (χ1n) is 3.73. The van der Waals surface area contributed by atoms with Gasteiger partial charge in [-0.2, -0.15) is 4.28 Å². The summed E-state index contributed by atoms with van der Waals surface area (Å²) < 4.78 is 29.3. The first-order valence-corrected chi connectivity index (χ1v) is 5.61. The summed E-state index contributed by atoms with van der Waals surface area (Å²) in [4.78, 5) is 11.5. The van der Waals surface area contributed by atoms with E-state index in [0.717, 1.165) is 16.4 Å². The molecule has 0 amide bonds. The van der Waals surface area contributed by atoms with E-state index in [-0.39, 0.29) is 0 Å². The van der Waals surface area contributed by atoms with Crippen molar-refractivity contribution >= 4 is 34.4 Å². The highest BCUT2D eigenvalue weighted by Gasteiger charge is 2.11. The summed E-state index contributed by atoms with van der Waals surface area (Å²) >= 11 is -1.49. The van der Waals surface area contributed by atoms with Gasteiger partial charge in [-0.25, -0.2) is 14.1 Å². The third kappa shape index (κ3) is 3.27. The molecule has 15 heavy (non-hydrogen) atoms. The first kappa shape index (κ1) is 12.1. The number of anilines is 1. The summed E-state index contributed by atoms with van der Waals surface area (Å²) in [5, 5.41) is 2.62. The predicted octanol–water partition coefficient (Wildman–Crippen LogP) is 0.697. The Balaban J connectivity index is 2.75. The molecule has 1 heterocycles. The van der Waals surface area contributed by atoms with Gasteiger partial charge in [-0.3, -0.25) is 0 Å². The van der Waals surface area contributed by atoms with Gasteiger partial charge >= 0.3 is 5.97 Å². The number of nitrogens with zero attached hydrogens (tertiary/aromatic N) is 1. The molecule has 0 aromatic carbocycles. The van der Waals surface area contributed by atoms with Crippen LogP contribution < -0.4 is 5.06 Å². The maximum Gasteiger partial charge on any atom is 0.348 e. The van der Waals surface area contributed by atoms with Crippen molar-refractivity contribution in [2.45, 2.75) is 0 Å². The number of methoxy groups -OCH3 is 1. The van der Waals surface area contributed by atoms with E-state index in [1.54, 1.807) is 5.38 Å². The number of carbonyl (C=O) groups excluding carboxylic acids is 1. The van der Waals surface area contributed by atoms with Gasteiger partial charge in [-0.15, -0.1) is 11.3 Å². The zero-order chi connectivity index (χ0) is 11.4. The molecular formula is C7H8NO5S2-. The van der Waals surface area contributed by atoms with Gasteiger partial charge < -0.3 is 9.29 Å². The Morgan fingerprint density at radius 1 is 1.67 bits per heavy atom. The van der Waals surface area contributed by atoms with E-state index in [1.807, 2.05) is 0 Å². The SMILES string of the molecule is COC(=O)c1cc(N(C)OS(=O)[O-])cs1. The van der Waals surface area contributed by atoms with Crippen LogP contribution in [0.3, 0.4) is 0 Å². The maximum atomic E-state index is 11.1. The van der Waals surface area contributed by atoms with Crippen LogP contribution in [0.5, 0.6) is 0 Å². The lowest BCUT2D eigenvalue weighted by Gasteiger charge is -2.16. The van der Waals surface area contributed by atoms with Crippen molar-refractivity contribution in [3.8, 4) is 0 Å². The third-order valence-corrected chi connectivity index (χ3v) is 2.75. The largest absolute Gasteiger partial charge is 0.748 e. The molecule has 0 saturated carbocycles. The maximum absolute atomic E-state index is 11.1. The number of carbonyl (C=O) groups is 1. The van der Waals surface area contributed by atoms with Gasteiger partial charge in [0.2, 0.25) is 0 Å². The molecule has 8 heteroatoms. The fraction of sp³-hybridized carbons (Fsp3) is 0.286. The Bertz CT molecular complexity index is 377. The van der Waals surface area contributed by atoms with Crippen LogP contribution in [0, 0.1) is 0 Å². The number of thiophene rings is 1. The Morgan fingerprint density at radius 2 is 2.33 bits per heavy atom. The second-order valence-corrected chi connectivity index (χ2v) is 3.91. The van der Waals surface area contributed by atoms with Crippen LogP contribution in [-0.2, 0) is 20.4 Å². The van der Waals surface area contributed by atoms with Crippen molar-refractivity contribution in [3.63, 3.8) is 0 Å². The molecule has 84 valence electrons. The molecule has 0 saturated heterocycles. The molecule has 1 atom stereocenters. The Hall–Kier alpha value is -0.960. The Kier molecular flexibility index (Phi) is 4.21. The smallest absolute Gasteiger partial charge is 0.348 e. The Morgan fingerprint density at radius 3 is 2.87 bits per heavy atom. The highest BCUT2D eigenvalue weighted by atomic mass is 32.2. The molecule has 1 unspecified atom stereocenters. The zero-order valence-corrected chi connectivity index (χ0v) is 9.59. The highest BCUT2D eigenvalue weighted by Crippen LogP contribution is 2.23. The van der Waals surface area contributed by atoms with Crippen LogP contribution in [0.25, 0.3) is 0 Å². The quantitative estimate of drug-likeness (QED) is 0.444. The lowest BCUT2D eigenvalue weighted by Crippen LogP contribution is -2.18. The summed E-state index contributed by atoms with van der Waals surface area (Å²) in [5.74, 6) is -0.470. The van der Waals surface area contributed by atoms with Gasteiger partial charge in [-0.05, 0) is 6.07 Å². The van der Waals surface area contributed by atoms with Gasteiger partial charge in [-0.1, -0.05) is 0 Å². The molecule has 1 rings (SSSR count). The molecule has 0 aliphatic heterocycles. The molecule has 1 aromatic rings. The summed E-state index contributed by atoms with van der Waals surface area (Å²) in [6, 6.07) is 1.48. The van der Waals surface area contributed by atoms with E-state index in [1.165, 1.54) is 20.2 Å². The molecule has 0 fully saturated rings. The lowest BCUT2D eigenvalue weighted by molar-refractivity contribution is 0.0606. The molecule has 0 radical (unpaired) electrons. The minimum Gasteiger partial charge on any atom is -0.748 e. The highest BCUT2D eigenvalue weighted by molar-refractivity contribution is 7.74. The molecule has 0 spiro atoms. The first-order chi connectivity index (χ1) is 7.04. The van der Waals surface area contributed by atoms with Crippen molar-refractivity contribution in [1.29, 1.82) is 0 Å². The van der Waals surface area contributed by atoms with Crippen molar-refractivity contribution < 1.29 is 22.6 Å². The summed E-state index contributed by atoms with van der Waals surface area (Å²) in [6.07, 6.45) is 0. The van der Waals surface area contributed by atoms with Gasteiger partial charge in [0.1, 0.15) is 16.2 Å². The van der Waals surface area contributed by atoms with E-state index in [2.05, 4.69) is 9.02 Å². The van der Waals surface area contributed by atoms with Gasteiger partial charge in [0.15, 0.2) is 0 Å². The lowest BCUT2D eigenvalue weighted by atomic mass is 10.4. The van der Waals surface area contributed by atoms with E-state index in [0.29, 0.717) is 10.6 Å². The van der Waals surface area contributed by atoms with Crippen LogP contribution in [0.1, 0.15) is 9.67 Å². The minimum atomic E-state index is -2.64. The van der Waals surface area contributed by atoms with E-state index >= 15 is 0 Å². The normalized spacial score (nSPS) is 12.2. The molecular weight excluding hydrogens is 242 g/mol. The van der Waals surface area contributed by atoms with Crippen molar-refractivity contribution in [2.75, 3.05) is 19.2 Å². The molecule has 0 bridgehead atoms. The molecule has 0 aliphatic carbocycles. The number of esters is 1. The third-order valence-electron chi connectivity index (χ3n) is 1.51. The minimum absolute atomic E-state index is 0.375. The van der Waals surface area contributed by atoms with Crippen LogP contribution in [-0.4, -0.2) is 28.9 Å². The zero-order valence-electron chi connectivity index (χ0n) is 7.96. The number of hydroxylamine groups is 1. The molecule has 0 aliphatic rings. The van der Waals surface area contributed by atoms with Crippen LogP contribution in [0.15, 0.2) is 11.4 Å². The molecule has 6 nitrogen and oxygen atoms in total. The van der Waals surface area contributed by atoms with E-state index in [4.69, 9.17) is 0 Å². The topological polar surface area (TPSA) is 78.9 Å². The predicted molar refractivity (Wildman–Crippen MR) is 54.1 cm³/mol. The number of hydrogen-bond acceptors (Lipinski definition) is 7. The Labute approximate surface area is 92.9 Å². The number of ether oxygens (including phenoxy) is 1. The summed E-state index contributed by atoms with van der Waals surface area (Å²) in [5.41, 5.74) is 0.463. The van der Waals surface area contributed by atoms with Gasteiger partial charge in [0, 0.05) is 12.4 Å². The molecule has 0 N–H and O–H groups in total. The van der Waals surface area contributed by atoms with Crippen LogP contribution in [0.2, 0.25) is 0 Å². The van der Waals surface area contributed by atoms with Crippen molar-refractivity contribution in [3.05, 3.63) is 16.3 Å². The number of rotatable bonds is 4. The average Bonchev–Trinajstić information content (AvgIpc) is 2.64. The fourth-order valence-electron chi connectivity index (χ4n) is 0.833. The van der Waals surface area contributed by atoms with Crippen LogP contribution in [0.4, 0.5) is 5.69 Å². The molecule has 1 aromatic heterocycles. The van der Waals surface area contributed by atoms with E-state index < -0.39 is 17.3 Å². The summed E-state index contributed by atoms with van der Waals surface area (Å²) in [6.45, 7) is 0. The van der Waals surface area contributed by atoms with Gasteiger partial charge in [0.05, 0.1) is 12.8 Å². The van der Waals surface area contributed by atoms with E-state index in [9.17, 15) is 13.6 Å². The van der Waals surface area contributed by atoms with Gasteiger partial charge in [0.25, 0.3) is 0 Å². The van der Waals surface area contributed by atoms with Crippen molar-refractivity contribution in [2.24, 2.45) is 0 Å². The van der Waals surface area contributed by atoms with Crippen LogP contribution >= 0.6 is 11.3 Å². The monoisotopic (exact) mass is 250 g/mol. The van der Waals surface area contributed by atoms with Crippen molar-refractivity contribution in [1.82, 2.24) is 0 Å². The fourth-order valence-corrected chi connectivity index (χ4v) is 1.93. The second kappa shape index (κ2) is 5.21. The standard InChI is InChI=1S/C7H9NO5S2/c1-8(13-15(10)11)5-3-6(14-4-5)7(9)12-2/h3-4H,1-2H3,(H,10,11)/p-1. The number of hydrogen-bond donors (Lipinski definition) is 0. The summed E-state index contributed by atoms with van der Waals surface area (Å²) in [7, 11) is 2.69. The second-order valence-electron chi connectivity index (χ2n) is 2.44.